The van der Waals surface area contributed by atoms with Crippen molar-refractivity contribution < 1.29 is 64.3 Å². The van der Waals surface area contributed by atoms with Gasteiger partial charge >= 0.3 is 11.9 Å². The zero-order valence-corrected chi connectivity index (χ0v) is 37.7. The Labute approximate surface area is 362 Å². The fourth-order valence-electron chi connectivity index (χ4n) is 8.44. The second-order valence-corrected chi connectivity index (χ2v) is 18.0. The van der Waals surface area contributed by atoms with Crippen molar-refractivity contribution in [1.29, 1.82) is 0 Å². The summed E-state index contributed by atoms with van der Waals surface area (Å²) in [5.74, 6) is -0.336. The molecule has 1 aliphatic heterocycles. The van der Waals surface area contributed by atoms with Gasteiger partial charge < -0.3 is 54.7 Å². The number of aliphatic hydroxyl groups is 7. The first-order valence-corrected chi connectivity index (χ1v) is 24.3. The van der Waals surface area contributed by atoms with Crippen LogP contribution in [-0.2, 0) is 28.5 Å². The Balaban J connectivity index is 1.81. The van der Waals surface area contributed by atoms with E-state index in [2.05, 4.69) is 20.8 Å². The highest BCUT2D eigenvalue weighted by Crippen LogP contribution is 2.31. The zero-order chi connectivity index (χ0) is 44.1. The quantitative estimate of drug-likeness (QED) is 0.0251. The van der Waals surface area contributed by atoms with E-state index in [1.807, 2.05) is 0 Å². The number of carbonyl (C=O) groups is 2. The molecule has 7 N–H and O–H groups in total. The van der Waals surface area contributed by atoms with Crippen LogP contribution in [0, 0.1) is 5.92 Å². The van der Waals surface area contributed by atoms with Crippen molar-refractivity contribution in [2.75, 3.05) is 6.61 Å². The third kappa shape index (κ3) is 21.8. The molecule has 3 unspecified atom stereocenters. The molecule has 2 aliphatic rings. The number of aliphatic hydroxyl groups excluding tert-OH is 7. The van der Waals surface area contributed by atoms with E-state index in [1.165, 1.54) is 116 Å². The standard InChI is InChI=1S/C47H88O13/c1-4-6-8-10-11-12-13-14-15-16-17-20-23-27-31-36(48)57-33-35-45(43(55)44(56)47(58-35)60-46-41(53)39(51)38(50)40(52)42(46)54)59-37(49)32-28-24-21-18-19-22-26-30-34(3)29-25-9-7-5-2/h34-35,38-47,50-56H,4-33H2,1-3H3/t34?,35-,38?,39-,40+,41+,42-,43-,44+,45-,46?,47-/m1/s1. The molecule has 0 spiro atoms. The predicted octanol–water partition coefficient (Wildman–Crippen LogP) is 7.08. The minimum absolute atomic E-state index is 0.0823. The highest BCUT2D eigenvalue weighted by Gasteiger charge is 2.53. The van der Waals surface area contributed by atoms with Crippen LogP contribution in [0.3, 0.4) is 0 Å². The average molecular weight is 861 g/mol. The van der Waals surface area contributed by atoms with Gasteiger partial charge in [-0.2, -0.15) is 0 Å². The van der Waals surface area contributed by atoms with E-state index in [-0.39, 0.29) is 12.8 Å². The molecule has 1 saturated carbocycles. The molecule has 1 saturated heterocycles. The minimum Gasteiger partial charge on any atom is -0.463 e. The summed E-state index contributed by atoms with van der Waals surface area (Å²) in [5, 5.41) is 73.5. The molecule has 0 amide bonds. The number of hydrogen-bond acceptors (Lipinski definition) is 13. The maximum atomic E-state index is 13.0. The van der Waals surface area contributed by atoms with Crippen molar-refractivity contribution in [2.45, 2.75) is 274 Å². The summed E-state index contributed by atoms with van der Waals surface area (Å²) in [6, 6.07) is 0. The zero-order valence-electron chi connectivity index (χ0n) is 37.7. The Bertz CT molecular complexity index is 1060. The smallest absolute Gasteiger partial charge is 0.306 e. The molecule has 0 aromatic rings. The number of carbonyl (C=O) groups excluding carboxylic acids is 2. The van der Waals surface area contributed by atoms with Crippen molar-refractivity contribution in [3.63, 3.8) is 0 Å². The van der Waals surface area contributed by atoms with Crippen LogP contribution in [0.5, 0.6) is 0 Å². The lowest BCUT2D eigenvalue weighted by Gasteiger charge is -2.46. The molecule has 0 radical (unpaired) electrons. The van der Waals surface area contributed by atoms with Gasteiger partial charge in [-0.25, -0.2) is 0 Å². The lowest BCUT2D eigenvalue weighted by atomic mass is 9.84. The van der Waals surface area contributed by atoms with E-state index in [0.29, 0.717) is 12.8 Å². The minimum atomic E-state index is -1.89. The lowest BCUT2D eigenvalue weighted by Crippen LogP contribution is -2.67. The molecule has 1 aliphatic carbocycles. The van der Waals surface area contributed by atoms with Crippen LogP contribution in [0.4, 0.5) is 0 Å². The van der Waals surface area contributed by atoms with E-state index in [9.17, 15) is 45.3 Å². The van der Waals surface area contributed by atoms with Crippen LogP contribution >= 0.6 is 0 Å². The number of rotatable bonds is 35. The maximum Gasteiger partial charge on any atom is 0.306 e. The van der Waals surface area contributed by atoms with E-state index in [4.69, 9.17) is 18.9 Å². The van der Waals surface area contributed by atoms with E-state index < -0.39 is 85.9 Å². The fourth-order valence-corrected chi connectivity index (χ4v) is 8.44. The van der Waals surface area contributed by atoms with Crippen LogP contribution in [0.1, 0.15) is 207 Å². The Morgan fingerprint density at radius 2 is 0.833 bits per heavy atom. The molecule has 13 heteroatoms. The normalized spacial score (nSPS) is 28.7. The highest BCUT2D eigenvalue weighted by molar-refractivity contribution is 5.70. The summed E-state index contributed by atoms with van der Waals surface area (Å²) in [6.45, 7) is 6.38. The molecule has 354 valence electrons. The number of ether oxygens (including phenoxy) is 4. The van der Waals surface area contributed by atoms with Crippen LogP contribution in [0.25, 0.3) is 0 Å². The van der Waals surface area contributed by atoms with E-state index in [1.54, 1.807) is 0 Å². The Morgan fingerprint density at radius 1 is 0.467 bits per heavy atom. The molecule has 2 rings (SSSR count). The first-order valence-electron chi connectivity index (χ1n) is 24.3. The van der Waals surface area contributed by atoms with Gasteiger partial charge in [-0.05, 0) is 18.8 Å². The average Bonchev–Trinajstić information content (AvgIpc) is 3.23. The molecule has 60 heavy (non-hydrogen) atoms. The summed E-state index contributed by atoms with van der Waals surface area (Å²) in [7, 11) is 0. The summed E-state index contributed by atoms with van der Waals surface area (Å²) in [6.07, 6.45) is 12.5. The van der Waals surface area contributed by atoms with Gasteiger partial charge in [0, 0.05) is 12.8 Å². The van der Waals surface area contributed by atoms with Gasteiger partial charge in [0.05, 0.1) is 0 Å². The van der Waals surface area contributed by atoms with Gasteiger partial charge in [-0.15, -0.1) is 0 Å². The molecule has 13 nitrogen and oxygen atoms in total. The first-order chi connectivity index (χ1) is 28.9. The maximum absolute atomic E-state index is 13.0. The van der Waals surface area contributed by atoms with Crippen LogP contribution in [-0.4, -0.2) is 122 Å². The summed E-state index contributed by atoms with van der Waals surface area (Å²) < 4.78 is 22.6. The second-order valence-electron chi connectivity index (χ2n) is 18.0. The number of esters is 2. The van der Waals surface area contributed by atoms with Gasteiger partial charge in [0.2, 0.25) is 0 Å². The third-order valence-electron chi connectivity index (χ3n) is 12.5. The molecule has 0 aromatic carbocycles. The molecular formula is C47H88O13. The molecule has 0 bridgehead atoms. The highest BCUT2D eigenvalue weighted by atomic mass is 16.7. The van der Waals surface area contributed by atoms with Gasteiger partial charge in [0.25, 0.3) is 0 Å². The number of unbranched alkanes of at least 4 members (excludes halogenated alkanes) is 22. The van der Waals surface area contributed by atoms with E-state index >= 15 is 0 Å². The fraction of sp³-hybridized carbons (Fsp3) is 0.957. The van der Waals surface area contributed by atoms with Crippen molar-refractivity contribution in [3.8, 4) is 0 Å². The van der Waals surface area contributed by atoms with E-state index in [0.717, 1.165) is 50.9 Å². The summed E-state index contributed by atoms with van der Waals surface area (Å²) in [4.78, 5) is 25.8. The molecule has 2 fully saturated rings. The SMILES string of the molecule is CCCCCCCCCCCCCCCCC(=O)OC[C@H]1O[C@H](OC2[C@@H](O)[C@H](O)C(O)[C@H](O)[C@H]2O)[C@@H](O)[C@@H](O)[C@@H]1OC(=O)CCCCCCCCCC(C)CCCCCC. The molecule has 12 atom stereocenters. The summed E-state index contributed by atoms with van der Waals surface area (Å²) in [5.41, 5.74) is 0. The lowest BCUT2D eigenvalue weighted by molar-refractivity contribution is -0.340. The van der Waals surface area contributed by atoms with Crippen LogP contribution in [0.15, 0.2) is 0 Å². The molecule has 1 heterocycles. The Morgan fingerprint density at radius 3 is 1.30 bits per heavy atom. The van der Waals surface area contributed by atoms with Gasteiger partial charge in [-0.1, -0.05) is 181 Å². The molecular weight excluding hydrogens is 773 g/mol. The first kappa shape index (κ1) is 54.7. The van der Waals surface area contributed by atoms with Crippen LogP contribution in [0.2, 0.25) is 0 Å². The van der Waals surface area contributed by atoms with Gasteiger partial charge in [0.1, 0.15) is 61.5 Å². The monoisotopic (exact) mass is 861 g/mol. The second kappa shape index (κ2) is 33.1. The predicted molar refractivity (Wildman–Crippen MR) is 231 cm³/mol. The Hall–Kier alpha value is -1.42. The van der Waals surface area contributed by atoms with Crippen LogP contribution < -0.4 is 0 Å². The summed E-state index contributed by atoms with van der Waals surface area (Å²) >= 11 is 0. The Kier molecular flexibility index (Phi) is 30.2. The third-order valence-corrected chi connectivity index (χ3v) is 12.5. The largest absolute Gasteiger partial charge is 0.463 e. The topological polar surface area (TPSA) is 213 Å². The van der Waals surface area contributed by atoms with Crippen molar-refractivity contribution in [3.05, 3.63) is 0 Å². The molecule has 0 aromatic heterocycles. The van der Waals surface area contributed by atoms with Crippen molar-refractivity contribution in [2.24, 2.45) is 5.92 Å². The van der Waals surface area contributed by atoms with Crippen molar-refractivity contribution >= 4 is 11.9 Å². The van der Waals surface area contributed by atoms with Gasteiger partial charge in [-0.3, -0.25) is 9.59 Å². The van der Waals surface area contributed by atoms with Gasteiger partial charge in [0.15, 0.2) is 12.4 Å². The van der Waals surface area contributed by atoms with Crippen molar-refractivity contribution in [1.82, 2.24) is 0 Å². The number of hydrogen-bond donors (Lipinski definition) is 7.